The molecule has 8 heteroatoms. The van der Waals surface area contributed by atoms with Crippen LogP contribution in [0.2, 0.25) is 0 Å². The number of aromatic hydroxyl groups is 2. The SMILES string of the molecule is CC(C)(C)CC(C)(C)c1cc(-c2cc(C(C)(C)C)cc(-n3nc4ccccc4n3)c2O)c(O)c(-n2nc3ccccc3n2)c1. The second-order valence-electron chi connectivity index (χ2n) is 14.6. The summed E-state index contributed by atoms with van der Waals surface area (Å²) in [5.41, 5.74) is 6.23. The normalized spacial score (nSPS) is 12.8. The van der Waals surface area contributed by atoms with E-state index in [9.17, 15) is 10.2 Å². The van der Waals surface area contributed by atoms with Crippen molar-refractivity contribution in [2.24, 2.45) is 5.41 Å². The summed E-state index contributed by atoms with van der Waals surface area (Å²) >= 11 is 0. The van der Waals surface area contributed by atoms with Gasteiger partial charge in [-0.25, -0.2) is 0 Å². The van der Waals surface area contributed by atoms with Crippen molar-refractivity contribution in [1.29, 1.82) is 0 Å². The fourth-order valence-electron chi connectivity index (χ4n) is 6.14. The van der Waals surface area contributed by atoms with Crippen molar-refractivity contribution in [2.45, 2.75) is 72.6 Å². The fourth-order valence-corrected chi connectivity index (χ4v) is 6.14. The highest BCUT2D eigenvalue weighted by atomic mass is 16.3. The van der Waals surface area contributed by atoms with Crippen molar-refractivity contribution in [2.75, 3.05) is 0 Å². The number of phenols is 2. The lowest BCUT2D eigenvalue weighted by Gasteiger charge is -2.34. The lowest BCUT2D eigenvalue weighted by Crippen LogP contribution is -2.25. The van der Waals surface area contributed by atoms with Gasteiger partial charge >= 0.3 is 0 Å². The predicted molar refractivity (Wildman–Crippen MR) is 176 cm³/mol. The van der Waals surface area contributed by atoms with Crippen molar-refractivity contribution < 1.29 is 10.2 Å². The van der Waals surface area contributed by atoms with E-state index in [-0.39, 0.29) is 27.7 Å². The average molecular weight is 589 g/mol. The van der Waals surface area contributed by atoms with Crippen LogP contribution in [0.1, 0.15) is 72.9 Å². The van der Waals surface area contributed by atoms with Crippen molar-refractivity contribution in [1.82, 2.24) is 30.0 Å². The van der Waals surface area contributed by atoms with Gasteiger partial charge in [-0.3, -0.25) is 0 Å². The first-order chi connectivity index (χ1) is 20.6. The molecular formula is C36H40N6O2. The van der Waals surface area contributed by atoms with Crippen LogP contribution >= 0.6 is 0 Å². The van der Waals surface area contributed by atoms with E-state index in [1.807, 2.05) is 72.8 Å². The molecule has 0 aliphatic heterocycles. The van der Waals surface area contributed by atoms with E-state index >= 15 is 0 Å². The van der Waals surface area contributed by atoms with Crippen LogP contribution in [0.25, 0.3) is 44.6 Å². The minimum Gasteiger partial charge on any atom is -0.505 e. The number of phenolic OH excluding ortho intramolecular Hbond substituents is 2. The highest BCUT2D eigenvalue weighted by molar-refractivity contribution is 5.84. The van der Waals surface area contributed by atoms with Gasteiger partial charge in [0.2, 0.25) is 0 Å². The van der Waals surface area contributed by atoms with Crippen LogP contribution in [-0.4, -0.2) is 40.2 Å². The maximum absolute atomic E-state index is 12.0. The summed E-state index contributed by atoms with van der Waals surface area (Å²) in [5.74, 6) is -0.0459. The van der Waals surface area contributed by atoms with Crippen LogP contribution in [0.5, 0.6) is 11.5 Å². The van der Waals surface area contributed by atoms with Gasteiger partial charge in [-0.1, -0.05) is 79.7 Å². The Kier molecular flexibility index (Phi) is 6.79. The van der Waals surface area contributed by atoms with Crippen molar-refractivity contribution in [3.63, 3.8) is 0 Å². The third-order valence-corrected chi connectivity index (χ3v) is 8.09. The molecule has 0 radical (unpaired) electrons. The standard InChI is InChI=1S/C36H40N6O2/c1-34(2,3)21-36(7,8)23-18-25(33(44)31(20-23)42-39-28-15-11-12-16-29(28)40-42)24-17-22(35(4,5)6)19-30(32(24)43)41-37-26-13-9-10-14-27(26)38-41/h9-20,43-44H,21H2,1-8H3. The van der Waals surface area contributed by atoms with Gasteiger partial charge in [0, 0.05) is 11.1 Å². The quantitative estimate of drug-likeness (QED) is 0.210. The fraction of sp³-hybridized carbons (Fsp3) is 0.333. The summed E-state index contributed by atoms with van der Waals surface area (Å²) < 4.78 is 0. The smallest absolute Gasteiger partial charge is 0.151 e. The molecule has 0 saturated carbocycles. The molecular weight excluding hydrogens is 548 g/mol. The number of benzene rings is 4. The molecule has 0 fully saturated rings. The lowest BCUT2D eigenvalue weighted by atomic mass is 9.71. The van der Waals surface area contributed by atoms with Crippen molar-refractivity contribution in [3.05, 3.63) is 83.9 Å². The molecule has 4 aromatic carbocycles. The first kappa shape index (κ1) is 29.4. The van der Waals surface area contributed by atoms with Gasteiger partial charge in [-0.15, -0.1) is 30.0 Å². The number of rotatable bonds is 5. The van der Waals surface area contributed by atoms with E-state index in [4.69, 9.17) is 10.2 Å². The largest absolute Gasteiger partial charge is 0.505 e. The molecule has 2 aromatic heterocycles. The topological polar surface area (TPSA) is 102 Å². The first-order valence-corrected chi connectivity index (χ1v) is 15.0. The molecule has 0 spiro atoms. The number of fused-ring (bicyclic) bond motifs is 2. The second-order valence-corrected chi connectivity index (χ2v) is 14.6. The minimum atomic E-state index is -0.274. The summed E-state index contributed by atoms with van der Waals surface area (Å²) in [6.45, 7) is 17.5. The minimum absolute atomic E-state index is 0.0218. The van der Waals surface area contributed by atoms with Crippen LogP contribution in [0, 0.1) is 5.41 Å². The van der Waals surface area contributed by atoms with Crippen molar-refractivity contribution >= 4 is 22.1 Å². The Balaban J connectivity index is 1.65. The zero-order valence-electron chi connectivity index (χ0n) is 26.7. The Morgan fingerprint density at radius 2 is 0.909 bits per heavy atom. The Bertz CT molecular complexity index is 1960. The number of hydrogen-bond acceptors (Lipinski definition) is 6. The predicted octanol–water partition coefficient (Wildman–Crippen LogP) is 8.24. The summed E-state index contributed by atoms with van der Waals surface area (Å²) in [4.78, 5) is 2.97. The van der Waals surface area contributed by atoms with E-state index in [1.54, 1.807) is 0 Å². The van der Waals surface area contributed by atoms with E-state index < -0.39 is 0 Å². The number of hydrogen-bond donors (Lipinski definition) is 2. The monoisotopic (exact) mass is 588 g/mol. The molecule has 0 atom stereocenters. The molecule has 8 nitrogen and oxygen atoms in total. The molecule has 0 bridgehead atoms. The van der Waals surface area contributed by atoms with Crippen LogP contribution < -0.4 is 0 Å². The maximum atomic E-state index is 12.0. The number of nitrogens with zero attached hydrogens (tertiary/aromatic N) is 6. The summed E-state index contributed by atoms with van der Waals surface area (Å²) in [6, 6.07) is 23.1. The van der Waals surface area contributed by atoms with E-state index in [0.29, 0.717) is 22.5 Å². The molecule has 0 aliphatic rings. The highest BCUT2D eigenvalue weighted by Crippen LogP contribution is 2.47. The van der Waals surface area contributed by atoms with Gasteiger partial charge < -0.3 is 10.2 Å². The zero-order valence-corrected chi connectivity index (χ0v) is 26.7. The Morgan fingerprint density at radius 1 is 0.545 bits per heavy atom. The first-order valence-electron chi connectivity index (χ1n) is 15.0. The molecule has 0 unspecified atom stereocenters. The molecule has 6 rings (SSSR count). The molecule has 44 heavy (non-hydrogen) atoms. The highest BCUT2D eigenvalue weighted by Gasteiger charge is 2.31. The Labute approximate surface area is 258 Å². The Morgan fingerprint density at radius 3 is 1.27 bits per heavy atom. The van der Waals surface area contributed by atoms with Gasteiger partial charge in [0.15, 0.2) is 11.5 Å². The molecule has 0 saturated heterocycles. The van der Waals surface area contributed by atoms with E-state index in [0.717, 1.165) is 39.6 Å². The molecule has 226 valence electrons. The van der Waals surface area contributed by atoms with Gasteiger partial charge in [0.05, 0.1) is 0 Å². The van der Waals surface area contributed by atoms with E-state index in [1.165, 1.54) is 9.59 Å². The molecule has 2 N–H and O–H groups in total. The van der Waals surface area contributed by atoms with Crippen molar-refractivity contribution in [3.8, 4) is 34.0 Å². The van der Waals surface area contributed by atoms with Gasteiger partial charge in [-0.05, 0) is 82.3 Å². The van der Waals surface area contributed by atoms with Gasteiger partial charge in [-0.2, -0.15) is 0 Å². The van der Waals surface area contributed by atoms with Crippen LogP contribution in [-0.2, 0) is 10.8 Å². The summed E-state index contributed by atoms with van der Waals surface area (Å²) in [6.07, 6.45) is 0.890. The van der Waals surface area contributed by atoms with Gasteiger partial charge in [0.25, 0.3) is 0 Å². The number of aromatic nitrogens is 6. The molecule has 6 aromatic rings. The molecule has 2 heterocycles. The third kappa shape index (κ3) is 5.41. The second kappa shape index (κ2) is 10.2. The van der Waals surface area contributed by atoms with Crippen LogP contribution in [0.4, 0.5) is 0 Å². The molecule has 0 aliphatic carbocycles. The maximum Gasteiger partial charge on any atom is 0.151 e. The molecule has 0 amide bonds. The average Bonchev–Trinajstić information content (AvgIpc) is 3.56. The summed E-state index contributed by atoms with van der Waals surface area (Å²) in [5, 5.41) is 42.7. The van der Waals surface area contributed by atoms with Crippen LogP contribution in [0.3, 0.4) is 0 Å². The zero-order chi connectivity index (χ0) is 31.6. The van der Waals surface area contributed by atoms with Crippen LogP contribution in [0.15, 0.2) is 72.8 Å². The lowest BCUT2D eigenvalue weighted by molar-refractivity contribution is 0.284. The Hall–Kier alpha value is -4.72. The van der Waals surface area contributed by atoms with Gasteiger partial charge in [0.1, 0.15) is 33.4 Å². The van der Waals surface area contributed by atoms with E-state index in [2.05, 4.69) is 65.6 Å². The third-order valence-electron chi connectivity index (χ3n) is 8.09. The summed E-state index contributed by atoms with van der Waals surface area (Å²) in [7, 11) is 0.